The van der Waals surface area contributed by atoms with Crippen LogP contribution in [-0.4, -0.2) is 23.3 Å². The van der Waals surface area contributed by atoms with Gasteiger partial charge >= 0.3 is 6.09 Å². The van der Waals surface area contributed by atoms with Crippen molar-refractivity contribution in [1.82, 2.24) is 15.5 Å². The lowest BCUT2D eigenvalue weighted by Crippen LogP contribution is -2.22. The predicted molar refractivity (Wildman–Crippen MR) is 90.7 cm³/mol. The topological polar surface area (TPSA) is 89.3 Å². The Morgan fingerprint density at radius 3 is 2.50 bits per heavy atom. The predicted octanol–water partition coefficient (Wildman–Crippen LogP) is 3.40. The van der Waals surface area contributed by atoms with Gasteiger partial charge in [-0.05, 0) is 24.6 Å². The lowest BCUT2D eigenvalue weighted by atomic mass is 9.96. The lowest BCUT2D eigenvalue weighted by molar-refractivity contribution is 0.170. The summed E-state index contributed by atoms with van der Waals surface area (Å²) in [5.41, 5.74) is 1.77. The number of hydrogen-bond donors (Lipinski definition) is 2. The van der Waals surface area contributed by atoms with E-state index in [0.717, 1.165) is 11.3 Å². The molecule has 7 nitrogen and oxygen atoms in total. The Morgan fingerprint density at radius 1 is 1.29 bits per heavy atom. The van der Waals surface area contributed by atoms with Crippen molar-refractivity contribution in [3.8, 4) is 0 Å². The smallest absolute Gasteiger partial charge is 0.407 e. The average Bonchev–Trinajstić information content (AvgIpc) is 3.04. The van der Waals surface area contributed by atoms with E-state index < -0.39 is 6.09 Å². The van der Waals surface area contributed by atoms with E-state index in [9.17, 15) is 4.79 Å². The summed E-state index contributed by atoms with van der Waals surface area (Å²) in [5, 5.41) is 9.99. The van der Waals surface area contributed by atoms with Gasteiger partial charge in [-0.1, -0.05) is 38.1 Å². The first-order valence-electron chi connectivity index (χ1n) is 7.81. The fourth-order valence-corrected chi connectivity index (χ4v) is 1.99. The molecule has 2 aromatic rings. The molecule has 0 spiro atoms. The summed E-state index contributed by atoms with van der Waals surface area (Å²) in [7, 11) is 1.34. The quantitative estimate of drug-likeness (QED) is 0.872. The van der Waals surface area contributed by atoms with E-state index in [4.69, 9.17) is 4.52 Å². The van der Waals surface area contributed by atoms with E-state index >= 15 is 0 Å². The molecule has 7 heteroatoms. The molecule has 1 amide bonds. The van der Waals surface area contributed by atoms with Crippen LogP contribution in [0.2, 0.25) is 0 Å². The number of anilines is 1. The molecule has 1 aromatic heterocycles. The summed E-state index contributed by atoms with van der Waals surface area (Å²) < 4.78 is 9.88. The monoisotopic (exact) mass is 332 g/mol. The van der Waals surface area contributed by atoms with Crippen LogP contribution >= 0.6 is 0 Å². The van der Waals surface area contributed by atoms with Crippen LogP contribution in [0.15, 0.2) is 28.8 Å². The normalized spacial score (nSPS) is 12.5. The maximum atomic E-state index is 11.1. The first-order chi connectivity index (χ1) is 11.3. The molecule has 24 heavy (non-hydrogen) atoms. The van der Waals surface area contributed by atoms with E-state index in [2.05, 4.69) is 25.5 Å². The molecular weight excluding hydrogens is 308 g/mol. The zero-order valence-corrected chi connectivity index (χ0v) is 14.7. The van der Waals surface area contributed by atoms with Gasteiger partial charge in [-0.25, -0.2) is 4.79 Å². The van der Waals surface area contributed by atoms with Crippen molar-refractivity contribution < 1.29 is 14.1 Å². The molecule has 1 aromatic carbocycles. The van der Waals surface area contributed by atoms with Crippen LogP contribution in [0.1, 0.15) is 51.0 Å². The van der Waals surface area contributed by atoms with E-state index in [1.54, 1.807) is 0 Å². The zero-order chi connectivity index (χ0) is 17.7. The number of methoxy groups -OCH3 is 1. The highest BCUT2D eigenvalue weighted by atomic mass is 16.5. The summed E-state index contributed by atoms with van der Waals surface area (Å²) in [5.74, 6) is 1.24. The molecule has 1 atom stereocenters. The molecule has 0 radical (unpaired) electrons. The van der Waals surface area contributed by atoms with Crippen molar-refractivity contribution in [2.75, 3.05) is 12.4 Å². The fourth-order valence-electron chi connectivity index (χ4n) is 1.99. The van der Waals surface area contributed by atoms with Gasteiger partial charge in [-0.3, -0.25) is 0 Å². The number of carbonyl (C=O) groups excluding carboxylic acids is 1. The highest BCUT2D eigenvalue weighted by molar-refractivity contribution is 5.66. The van der Waals surface area contributed by atoms with Gasteiger partial charge in [0, 0.05) is 17.6 Å². The standard InChI is InChI=1S/C17H24N4O3/c1-11(14-20-15(21-24-14)17(2,3)4)19-13-8-6-12(7-9-13)10-18-16(22)23-5/h6-9,11,19H,10H2,1-5H3,(H,18,22)/t11-/m1/s1. The Kier molecular flexibility index (Phi) is 5.43. The molecule has 0 fully saturated rings. The number of nitrogens with one attached hydrogen (secondary N) is 2. The Morgan fingerprint density at radius 2 is 1.96 bits per heavy atom. The van der Waals surface area contributed by atoms with Crippen LogP contribution in [0.25, 0.3) is 0 Å². The van der Waals surface area contributed by atoms with Gasteiger partial charge < -0.3 is 19.9 Å². The molecule has 0 saturated heterocycles. The number of benzene rings is 1. The Balaban J connectivity index is 1.95. The third-order valence-corrected chi connectivity index (χ3v) is 3.44. The fraction of sp³-hybridized carbons (Fsp3) is 0.471. The average molecular weight is 332 g/mol. The molecular formula is C17H24N4O3. The molecule has 0 saturated carbocycles. The van der Waals surface area contributed by atoms with Crippen LogP contribution in [-0.2, 0) is 16.7 Å². The zero-order valence-electron chi connectivity index (χ0n) is 14.7. The minimum Gasteiger partial charge on any atom is -0.453 e. The maximum Gasteiger partial charge on any atom is 0.407 e. The van der Waals surface area contributed by atoms with Gasteiger partial charge in [0.15, 0.2) is 5.82 Å². The molecule has 0 aliphatic heterocycles. The van der Waals surface area contributed by atoms with Crippen molar-refractivity contribution in [1.29, 1.82) is 0 Å². The van der Waals surface area contributed by atoms with Crippen LogP contribution in [0, 0.1) is 0 Å². The Bertz CT molecular complexity index is 674. The van der Waals surface area contributed by atoms with E-state index in [1.807, 2.05) is 52.0 Å². The third-order valence-electron chi connectivity index (χ3n) is 3.44. The summed E-state index contributed by atoms with van der Waals surface area (Å²) in [6, 6.07) is 7.63. The van der Waals surface area contributed by atoms with E-state index in [0.29, 0.717) is 18.3 Å². The summed E-state index contributed by atoms with van der Waals surface area (Å²) >= 11 is 0. The highest BCUT2D eigenvalue weighted by Crippen LogP contribution is 2.23. The minimum absolute atomic E-state index is 0.104. The summed E-state index contributed by atoms with van der Waals surface area (Å²) in [6.45, 7) is 8.51. The van der Waals surface area contributed by atoms with Gasteiger partial charge in [-0.15, -0.1) is 0 Å². The number of ether oxygens (including phenoxy) is 1. The van der Waals surface area contributed by atoms with Crippen LogP contribution in [0.5, 0.6) is 0 Å². The molecule has 2 rings (SSSR count). The second kappa shape index (κ2) is 7.33. The number of hydrogen-bond acceptors (Lipinski definition) is 6. The van der Waals surface area contributed by atoms with Gasteiger partial charge in [-0.2, -0.15) is 4.98 Å². The summed E-state index contributed by atoms with van der Waals surface area (Å²) in [4.78, 5) is 15.5. The van der Waals surface area contributed by atoms with Crippen LogP contribution in [0.4, 0.5) is 10.5 Å². The Labute approximate surface area is 141 Å². The largest absolute Gasteiger partial charge is 0.453 e. The lowest BCUT2D eigenvalue weighted by Gasteiger charge is -2.13. The van der Waals surface area contributed by atoms with Gasteiger partial charge in [0.25, 0.3) is 0 Å². The number of nitrogens with zero attached hydrogens (tertiary/aromatic N) is 2. The second-order valence-electron chi connectivity index (χ2n) is 6.61. The molecule has 2 N–H and O–H groups in total. The number of rotatable bonds is 5. The number of aromatic nitrogens is 2. The first kappa shape index (κ1) is 17.8. The summed E-state index contributed by atoms with van der Waals surface area (Å²) in [6.07, 6.45) is -0.447. The number of carbonyl (C=O) groups is 1. The van der Waals surface area contributed by atoms with Gasteiger partial charge in [0.2, 0.25) is 5.89 Å². The molecule has 0 aliphatic rings. The third kappa shape index (κ3) is 4.71. The second-order valence-corrected chi connectivity index (χ2v) is 6.61. The van der Waals surface area contributed by atoms with Crippen LogP contribution in [0.3, 0.4) is 0 Å². The molecule has 1 heterocycles. The molecule has 0 aliphatic carbocycles. The van der Waals surface area contributed by atoms with Gasteiger partial charge in [0.1, 0.15) is 6.04 Å². The number of amides is 1. The van der Waals surface area contributed by atoms with Crippen molar-refractivity contribution in [2.45, 2.75) is 45.7 Å². The maximum absolute atomic E-state index is 11.1. The molecule has 0 bridgehead atoms. The highest BCUT2D eigenvalue weighted by Gasteiger charge is 2.23. The Hall–Kier alpha value is -2.57. The van der Waals surface area contributed by atoms with E-state index in [-0.39, 0.29) is 11.5 Å². The van der Waals surface area contributed by atoms with Crippen LogP contribution < -0.4 is 10.6 Å². The van der Waals surface area contributed by atoms with Crippen molar-refractivity contribution >= 4 is 11.8 Å². The number of alkyl carbamates (subject to hydrolysis) is 1. The molecule has 130 valence electrons. The first-order valence-corrected chi connectivity index (χ1v) is 7.81. The SMILES string of the molecule is COC(=O)NCc1ccc(N[C@H](C)c2nc(C(C)(C)C)no2)cc1. The van der Waals surface area contributed by atoms with Crippen molar-refractivity contribution in [3.63, 3.8) is 0 Å². The van der Waals surface area contributed by atoms with E-state index in [1.165, 1.54) is 7.11 Å². The molecule has 0 unspecified atom stereocenters. The van der Waals surface area contributed by atoms with Gasteiger partial charge in [0.05, 0.1) is 7.11 Å². The van der Waals surface area contributed by atoms with Crippen molar-refractivity contribution in [3.05, 3.63) is 41.5 Å². The minimum atomic E-state index is -0.447. The van der Waals surface area contributed by atoms with Crippen molar-refractivity contribution in [2.24, 2.45) is 0 Å².